The molecule has 11 heteroatoms. The molecule has 10 nitrogen and oxygen atoms in total. The van der Waals surface area contributed by atoms with E-state index in [-0.39, 0.29) is 17.3 Å². The zero-order chi connectivity index (χ0) is 20.1. The van der Waals surface area contributed by atoms with Crippen molar-refractivity contribution in [2.75, 3.05) is 47.9 Å². The summed E-state index contributed by atoms with van der Waals surface area (Å²) in [6, 6.07) is 3.42. The number of rotatable bonds is 6. The van der Waals surface area contributed by atoms with Gasteiger partial charge in [0.25, 0.3) is 5.91 Å². The van der Waals surface area contributed by atoms with E-state index in [1.165, 1.54) is 22.9 Å². The topological polar surface area (TPSA) is 134 Å². The summed E-state index contributed by atoms with van der Waals surface area (Å²) in [6.07, 6.45) is 4.85. The predicted molar refractivity (Wildman–Crippen MR) is 106 cm³/mol. The predicted octanol–water partition coefficient (Wildman–Crippen LogP) is 0.568. The zero-order valence-electron chi connectivity index (χ0n) is 15.6. The number of hydrogen-bond donors (Lipinski definition) is 2. The van der Waals surface area contributed by atoms with Crippen LogP contribution < -0.4 is 16.0 Å². The molecule has 2 aromatic heterocycles. The molecule has 0 atom stereocenters. The van der Waals surface area contributed by atoms with Gasteiger partial charge in [-0.15, -0.1) is 0 Å². The fraction of sp³-hybridized carbons (Fsp3) is 0.412. The van der Waals surface area contributed by atoms with Gasteiger partial charge in [-0.2, -0.15) is 4.31 Å². The molecule has 1 aliphatic heterocycles. The summed E-state index contributed by atoms with van der Waals surface area (Å²) >= 11 is 0. The van der Waals surface area contributed by atoms with E-state index in [1.807, 2.05) is 11.8 Å². The smallest absolute Gasteiger partial charge is 0.277 e. The van der Waals surface area contributed by atoms with E-state index in [0.717, 1.165) is 0 Å². The van der Waals surface area contributed by atoms with E-state index in [0.29, 0.717) is 44.1 Å². The van der Waals surface area contributed by atoms with Crippen molar-refractivity contribution in [2.45, 2.75) is 13.3 Å². The molecule has 0 aliphatic carbocycles. The van der Waals surface area contributed by atoms with Gasteiger partial charge >= 0.3 is 0 Å². The van der Waals surface area contributed by atoms with E-state index < -0.39 is 15.9 Å². The van der Waals surface area contributed by atoms with Crippen molar-refractivity contribution in [3.05, 3.63) is 36.4 Å². The number of hydrogen-bond acceptors (Lipinski definition) is 8. The maximum atomic E-state index is 12.3. The first-order valence-electron chi connectivity index (χ1n) is 8.97. The Morgan fingerprint density at radius 1 is 1.21 bits per heavy atom. The molecule has 0 aromatic carbocycles. The van der Waals surface area contributed by atoms with Crippen molar-refractivity contribution in [3.63, 3.8) is 0 Å². The lowest BCUT2D eigenvalue weighted by Crippen LogP contribution is -2.49. The molecular formula is C17H23N7O3S. The van der Waals surface area contributed by atoms with Crippen molar-refractivity contribution in [1.29, 1.82) is 0 Å². The Morgan fingerprint density at radius 2 is 1.96 bits per heavy atom. The molecule has 3 rings (SSSR count). The number of nitrogens with one attached hydrogen (secondary N) is 1. The highest BCUT2D eigenvalue weighted by molar-refractivity contribution is 7.89. The molecular weight excluding hydrogens is 382 g/mol. The van der Waals surface area contributed by atoms with Crippen molar-refractivity contribution >= 4 is 33.3 Å². The molecule has 1 fully saturated rings. The van der Waals surface area contributed by atoms with Gasteiger partial charge in [-0.25, -0.2) is 18.4 Å². The second-order valence-corrected chi connectivity index (χ2v) is 8.44. The van der Waals surface area contributed by atoms with Crippen LogP contribution in [-0.2, 0) is 10.0 Å². The van der Waals surface area contributed by atoms with E-state index in [1.54, 1.807) is 12.1 Å². The van der Waals surface area contributed by atoms with Crippen LogP contribution in [0.25, 0.3) is 0 Å². The minimum Gasteiger partial charge on any atom is -0.396 e. The Bertz CT molecular complexity index is 929. The van der Waals surface area contributed by atoms with E-state index in [2.05, 4.69) is 20.3 Å². The first-order valence-corrected chi connectivity index (χ1v) is 10.6. The summed E-state index contributed by atoms with van der Waals surface area (Å²) in [5.41, 5.74) is 6.42. The highest BCUT2D eigenvalue weighted by Gasteiger charge is 2.27. The van der Waals surface area contributed by atoms with Crippen LogP contribution in [0.4, 0.5) is 17.3 Å². The van der Waals surface area contributed by atoms with Crippen LogP contribution in [0.5, 0.6) is 0 Å². The minimum atomic E-state index is -3.20. The van der Waals surface area contributed by atoms with Crippen molar-refractivity contribution in [2.24, 2.45) is 0 Å². The third-order valence-electron chi connectivity index (χ3n) is 4.36. The Kier molecular flexibility index (Phi) is 6.05. The van der Waals surface area contributed by atoms with Gasteiger partial charge in [-0.1, -0.05) is 6.92 Å². The molecule has 1 amide bonds. The third kappa shape index (κ3) is 4.54. The fourth-order valence-corrected chi connectivity index (χ4v) is 4.40. The lowest BCUT2D eigenvalue weighted by molar-refractivity contribution is 0.102. The van der Waals surface area contributed by atoms with E-state index in [4.69, 9.17) is 5.73 Å². The van der Waals surface area contributed by atoms with E-state index >= 15 is 0 Å². The molecule has 2 aromatic rings. The first-order chi connectivity index (χ1) is 13.4. The number of amides is 1. The van der Waals surface area contributed by atoms with Gasteiger partial charge in [-0.3, -0.25) is 9.78 Å². The normalized spacial score (nSPS) is 15.4. The molecule has 0 saturated carbocycles. The number of aromatic nitrogens is 3. The number of carbonyl (C=O) groups excluding carboxylic acids is 1. The van der Waals surface area contributed by atoms with Crippen LogP contribution >= 0.6 is 0 Å². The van der Waals surface area contributed by atoms with Crippen LogP contribution in [0.3, 0.4) is 0 Å². The van der Waals surface area contributed by atoms with Gasteiger partial charge in [0.15, 0.2) is 5.82 Å². The summed E-state index contributed by atoms with van der Waals surface area (Å²) < 4.78 is 25.9. The van der Waals surface area contributed by atoms with Crippen molar-refractivity contribution < 1.29 is 13.2 Å². The SMILES string of the molecule is CCCS(=O)(=O)N1CCN(c2ccc(N)c(NC(=O)c3cnccn3)n2)CC1. The lowest BCUT2D eigenvalue weighted by Gasteiger charge is -2.34. The quantitative estimate of drug-likeness (QED) is 0.712. The maximum absolute atomic E-state index is 12.3. The molecule has 1 aliphatic rings. The van der Waals surface area contributed by atoms with Crippen molar-refractivity contribution in [3.8, 4) is 0 Å². The zero-order valence-corrected chi connectivity index (χ0v) is 16.4. The summed E-state index contributed by atoms with van der Waals surface area (Å²) in [7, 11) is -3.20. The maximum Gasteiger partial charge on any atom is 0.277 e. The summed E-state index contributed by atoms with van der Waals surface area (Å²) in [6.45, 7) is 3.67. The van der Waals surface area contributed by atoms with Crippen molar-refractivity contribution in [1.82, 2.24) is 19.3 Å². The first kappa shape index (κ1) is 20.0. The van der Waals surface area contributed by atoms with Crippen LogP contribution in [0.1, 0.15) is 23.8 Å². The van der Waals surface area contributed by atoms with Gasteiger partial charge in [-0.05, 0) is 18.6 Å². The molecule has 0 bridgehead atoms. The molecule has 1 saturated heterocycles. The Balaban J connectivity index is 1.69. The minimum absolute atomic E-state index is 0.156. The van der Waals surface area contributed by atoms with Gasteiger partial charge in [0.1, 0.15) is 11.5 Å². The van der Waals surface area contributed by atoms with Gasteiger partial charge in [0.05, 0.1) is 17.6 Å². The number of nitrogen functional groups attached to an aromatic ring is 1. The third-order valence-corrected chi connectivity index (χ3v) is 6.43. The average molecular weight is 405 g/mol. The highest BCUT2D eigenvalue weighted by Crippen LogP contribution is 2.23. The highest BCUT2D eigenvalue weighted by atomic mass is 32.2. The average Bonchev–Trinajstić information content (AvgIpc) is 2.70. The van der Waals surface area contributed by atoms with Gasteiger partial charge in [0.2, 0.25) is 10.0 Å². The summed E-state index contributed by atoms with van der Waals surface area (Å²) in [5, 5.41) is 2.65. The van der Waals surface area contributed by atoms with Crippen LogP contribution in [0.15, 0.2) is 30.7 Å². The van der Waals surface area contributed by atoms with Crippen LogP contribution in [-0.4, -0.2) is 65.5 Å². The summed E-state index contributed by atoms with van der Waals surface area (Å²) in [5.74, 6) is 0.552. The standard InChI is InChI=1S/C17H23N7O3S/c1-2-11-28(26,27)24-9-7-23(8-10-24)15-4-3-13(18)16(21-15)22-17(25)14-12-19-5-6-20-14/h3-6,12H,2,7-11,18H2,1H3,(H,21,22,25). The molecule has 0 unspecified atom stereocenters. The number of sulfonamides is 1. The largest absolute Gasteiger partial charge is 0.396 e. The molecule has 0 spiro atoms. The molecule has 3 heterocycles. The van der Waals surface area contributed by atoms with Gasteiger partial charge in [0, 0.05) is 38.6 Å². The lowest BCUT2D eigenvalue weighted by atomic mass is 10.3. The number of anilines is 3. The Morgan fingerprint density at radius 3 is 2.61 bits per heavy atom. The number of pyridine rings is 1. The van der Waals surface area contributed by atoms with E-state index in [9.17, 15) is 13.2 Å². The monoisotopic (exact) mass is 405 g/mol. The van der Waals surface area contributed by atoms with Crippen LogP contribution in [0, 0.1) is 0 Å². The number of carbonyl (C=O) groups is 1. The number of nitrogens with two attached hydrogens (primary N) is 1. The summed E-state index contributed by atoms with van der Waals surface area (Å²) in [4.78, 5) is 26.5. The van der Waals surface area contributed by atoms with Crippen LogP contribution in [0.2, 0.25) is 0 Å². The van der Waals surface area contributed by atoms with Gasteiger partial charge < -0.3 is 16.0 Å². The number of piperazine rings is 1. The fourth-order valence-electron chi connectivity index (χ4n) is 2.91. The Hall–Kier alpha value is -2.79. The molecule has 150 valence electrons. The second kappa shape index (κ2) is 8.48. The molecule has 3 N–H and O–H groups in total. The molecule has 28 heavy (non-hydrogen) atoms. The second-order valence-electron chi connectivity index (χ2n) is 6.35. The Labute approximate surface area is 163 Å². The molecule has 0 radical (unpaired) electrons. The number of nitrogens with zero attached hydrogens (tertiary/aromatic N) is 5.